The fourth-order valence-corrected chi connectivity index (χ4v) is 0.873. The second kappa shape index (κ2) is 5.00. The summed E-state index contributed by atoms with van der Waals surface area (Å²) in [5.74, 6) is 0. The summed E-state index contributed by atoms with van der Waals surface area (Å²) in [6, 6.07) is 0. The minimum absolute atomic E-state index is 0.123. The second-order valence-electron chi connectivity index (χ2n) is 1.88. The smallest absolute Gasteiger partial charge is 0.195 e. The third kappa shape index (κ3) is 4.15. The summed E-state index contributed by atoms with van der Waals surface area (Å²) in [6.07, 6.45) is -2.48. The van der Waals surface area contributed by atoms with Crippen molar-refractivity contribution in [2.24, 2.45) is 0 Å². The third-order valence-electron chi connectivity index (χ3n) is 1.00. The molecule has 0 aromatic carbocycles. The Balaban J connectivity index is 3.61. The predicted molar refractivity (Wildman–Crippen MR) is 42.7 cm³/mol. The molecule has 0 unspecified atom stereocenters. The number of aliphatic hydroxyl groups is 3. The molecule has 0 rings (SSSR count). The van der Waals surface area contributed by atoms with Gasteiger partial charge in [-0.1, -0.05) is 0 Å². The van der Waals surface area contributed by atoms with Crippen LogP contribution in [0.1, 0.15) is 6.42 Å². The van der Waals surface area contributed by atoms with Gasteiger partial charge in [0.05, 0.1) is 12.7 Å². The fourth-order valence-electron chi connectivity index (χ4n) is 0.422. The Morgan fingerprint density at radius 3 is 2.20 bits per heavy atom. The van der Waals surface area contributed by atoms with Crippen LogP contribution in [0.3, 0.4) is 0 Å². The molecule has 0 aromatic heterocycles. The van der Waals surface area contributed by atoms with Crippen LogP contribution in [0.25, 0.3) is 0 Å². The van der Waals surface area contributed by atoms with Crippen LogP contribution in [-0.2, 0) is 4.79 Å². The van der Waals surface area contributed by atoms with E-state index in [1.165, 1.54) is 22.6 Å². The number of hydrogen-bond donors (Lipinski definition) is 3. The molecule has 0 aromatic rings. The van der Waals surface area contributed by atoms with Gasteiger partial charge in [0.15, 0.2) is 3.79 Å². The van der Waals surface area contributed by atoms with Crippen LogP contribution < -0.4 is 0 Å². The van der Waals surface area contributed by atoms with E-state index in [0.29, 0.717) is 0 Å². The minimum Gasteiger partial charge on any atom is -0.394 e. The molecule has 0 aliphatic heterocycles. The molecule has 0 aliphatic carbocycles. The van der Waals surface area contributed by atoms with Gasteiger partial charge in [0.25, 0.3) is 0 Å². The first-order valence-corrected chi connectivity index (χ1v) is 3.81. The molecule has 0 amide bonds. The zero-order valence-corrected chi connectivity index (χ0v) is 7.35. The van der Waals surface area contributed by atoms with Crippen LogP contribution >= 0.6 is 22.6 Å². The topological polar surface area (TPSA) is 77.8 Å². The van der Waals surface area contributed by atoms with E-state index < -0.39 is 18.8 Å². The Hall–Kier alpha value is 0.280. The largest absolute Gasteiger partial charge is 0.394 e. The summed E-state index contributed by atoms with van der Waals surface area (Å²) in [5.41, 5.74) is 0. The molecule has 2 atom stereocenters. The number of aliphatic hydroxyl groups excluding tert-OH is 3. The van der Waals surface area contributed by atoms with Crippen LogP contribution in [0, 0.1) is 0 Å². The summed E-state index contributed by atoms with van der Waals surface area (Å²) in [5, 5.41) is 25.9. The molecule has 10 heavy (non-hydrogen) atoms. The van der Waals surface area contributed by atoms with Crippen molar-refractivity contribution in [3.05, 3.63) is 0 Å². The molecular formula is C5H9IO4. The van der Waals surface area contributed by atoms with Crippen LogP contribution in [0.4, 0.5) is 0 Å². The summed E-state index contributed by atoms with van der Waals surface area (Å²) < 4.78 is -0.238. The van der Waals surface area contributed by atoms with Crippen LogP contribution in [0.15, 0.2) is 0 Å². The van der Waals surface area contributed by atoms with E-state index in [0.717, 1.165) is 0 Å². The van der Waals surface area contributed by atoms with E-state index in [4.69, 9.17) is 15.3 Å². The number of carbonyl (C=O) groups is 1. The molecule has 0 bridgehead atoms. The molecule has 0 heterocycles. The van der Waals surface area contributed by atoms with Gasteiger partial charge < -0.3 is 15.3 Å². The van der Waals surface area contributed by atoms with E-state index in [2.05, 4.69) is 0 Å². The first kappa shape index (κ1) is 10.3. The van der Waals surface area contributed by atoms with Gasteiger partial charge in [-0.25, -0.2) is 0 Å². The second-order valence-corrected chi connectivity index (χ2v) is 3.08. The van der Waals surface area contributed by atoms with Crippen molar-refractivity contribution in [3.63, 3.8) is 0 Å². The summed E-state index contributed by atoms with van der Waals surface area (Å²) in [7, 11) is 0. The molecule has 0 saturated carbocycles. The Morgan fingerprint density at radius 1 is 1.40 bits per heavy atom. The maximum Gasteiger partial charge on any atom is 0.195 e. The van der Waals surface area contributed by atoms with E-state index in [1.54, 1.807) is 0 Å². The van der Waals surface area contributed by atoms with E-state index in [-0.39, 0.29) is 10.2 Å². The molecule has 4 nitrogen and oxygen atoms in total. The summed E-state index contributed by atoms with van der Waals surface area (Å²) >= 11 is 1.52. The Labute approximate surface area is 72.0 Å². The molecule has 0 spiro atoms. The highest BCUT2D eigenvalue weighted by Crippen LogP contribution is 2.02. The molecular weight excluding hydrogens is 251 g/mol. The van der Waals surface area contributed by atoms with Gasteiger partial charge in [0, 0.05) is 6.42 Å². The normalized spacial score (nSPS) is 16.4. The van der Waals surface area contributed by atoms with Gasteiger partial charge in [-0.2, -0.15) is 0 Å². The maximum atomic E-state index is 10.3. The molecule has 60 valence electrons. The summed E-state index contributed by atoms with van der Waals surface area (Å²) in [4.78, 5) is 10.3. The predicted octanol–water partition coefficient (Wildman–Crippen LogP) is -0.948. The SMILES string of the molecule is O=C(I)C[C@H](O)[C@H](O)CO. The van der Waals surface area contributed by atoms with Crippen molar-refractivity contribution < 1.29 is 20.1 Å². The minimum atomic E-state index is -1.21. The average Bonchev–Trinajstić information content (AvgIpc) is 1.85. The Bertz CT molecular complexity index is 116. The molecule has 3 N–H and O–H groups in total. The zero-order valence-electron chi connectivity index (χ0n) is 5.20. The monoisotopic (exact) mass is 260 g/mol. The molecule has 0 fully saturated rings. The number of hydrogen-bond acceptors (Lipinski definition) is 4. The van der Waals surface area contributed by atoms with Crippen molar-refractivity contribution in [3.8, 4) is 0 Å². The highest BCUT2D eigenvalue weighted by atomic mass is 127. The fraction of sp³-hybridized carbons (Fsp3) is 0.800. The van der Waals surface area contributed by atoms with Crippen LogP contribution in [0.2, 0.25) is 0 Å². The number of carbonyl (C=O) groups excluding carboxylic acids is 1. The van der Waals surface area contributed by atoms with Crippen molar-refractivity contribution in [2.75, 3.05) is 6.61 Å². The maximum absolute atomic E-state index is 10.3. The van der Waals surface area contributed by atoms with Gasteiger partial charge in [-0.15, -0.1) is 0 Å². The summed E-state index contributed by atoms with van der Waals surface area (Å²) in [6.45, 7) is -0.523. The Kier molecular flexibility index (Phi) is 5.14. The van der Waals surface area contributed by atoms with Gasteiger partial charge in [-0.3, -0.25) is 4.79 Å². The lowest BCUT2D eigenvalue weighted by molar-refractivity contribution is -0.113. The molecule has 0 radical (unpaired) electrons. The standard InChI is InChI=1S/C5H9IO4/c6-5(10)1-3(8)4(9)2-7/h3-4,7-9H,1-2H2/t3-,4+/m0/s1. The lowest BCUT2D eigenvalue weighted by atomic mass is 10.2. The molecule has 0 saturated heterocycles. The lowest BCUT2D eigenvalue weighted by Gasteiger charge is -2.12. The number of halogens is 1. The van der Waals surface area contributed by atoms with Crippen molar-refractivity contribution >= 4 is 26.4 Å². The zero-order chi connectivity index (χ0) is 8.15. The van der Waals surface area contributed by atoms with Crippen LogP contribution in [0.5, 0.6) is 0 Å². The van der Waals surface area contributed by atoms with Crippen molar-refractivity contribution in [2.45, 2.75) is 18.6 Å². The Morgan fingerprint density at radius 2 is 1.90 bits per heavy atom. The van der Waals surface area contributed by atoms with Gasteiger partial charge in [0.2, 0.25) is 0 Å². The van der Waals surface area contributed by atoms with Crippen LogP contribution in [-0.4, -0.2) is 37.9 Å². The quantitative estimate of drug-likeness (QED) is 0.450. The lowest BCUT2D eigenvalue weighted by Crippen LogP contribution is -2.30. The highest BCUT2D eigenvalue weighted by Gasteiger charge is 2.16. The molecule has 5 heteroatoms. The first-order valence-electron chi connectivity index (χ1n) is 2.73. The van der Waals surface area contributed by atoms with Gasteiger partial charge in [0.1, 0.15) is 6.10 Å². The first-order chi connectivity index (χ1) is 4.57. The van der Waals surface area contributed by atoms with E-state index >= 15 is 0 Å². The highest BCUT2D eigenvalue weighted by molar-refractivity contribution is 14.1. The number of rotatable bonds is 4. The third-order valence-corrected chi connectivity index (χ3v) is 1.44. The van der Waals surface area contributed by atoms with E-state index in [9.17, 15) is 4.79 Å². The van der Waals surface area contributed by atoms with Gasteiger partial charge in [-0.05, 0) is 22.6 Å². The van der Waals surface area contributed by atoms with E-state index in [1.807, 2.05) is 0 Å². The molecule has 0 aliphatic rings. The van der Waals surface area contributed by atoms with Crippen molar-refractivity contribution in [1.82, 2.24) is 0 Å². The van der Waals surface area contributed by atoms with Gasteiger partial charge >= 0.3 is 0 Å². The average molecular weight is 260 g/mol. The van der Waals surface area contributed by atoms with Crippen molar-refractivity contribution in [1.29, 1.82) is 0 Å².